The Labute approximate surface area is 395 Å². The lowest BCUT2D eigenvalue weighted by molar-refractivity contribution is -0.166. The summed E-state index contributed by atoms with van der Waals surface area (Å²) in [6.07, 6.45) is 67.2. The van der Waals surface area contributed by atoms with Crippen LogP contribution in [0.25, 0.3) is 0 Å². The number of carbonyl (C=O) groups excluding carboxylic acids is 3. The van der Waals surface area contributed by atoms with Gasteiger partial charge in [-0.05, 0) is 77.0 Å². The number of esters is 3. The smallest absolute Gasteiger partial charge is 0.306 e. The van der Waals surface area contributed by atoms with Crippen molar-refractivity contribution in [1.82, 2.24) is 0 Å². The lowest BCUT2D eigenvalue weighted by Gasteiger charge is -2.18. The van der Waals surface area contributed by atoms with Gasteiger partial charge in [0.1, 0.15) is 13.2 Å². The second-order valence-corrected chi connectivity index (χ2v) is 17.4. The van der Waals surface area contributed by atoms with Crippen molar-refractivity contribution in [2.24, 2.45) is 0 Å². The molecule has 0 heterocycles. The minimum atomic E-state index is -0.807. The van der Waals surface area contributed by atoms with Crippen LogP contribution in [0.4, 0.5) is 0 Å². The number of unbranched alkanes of at least 4 members (excludes halogenated alkanes) is 22. The van der Waals surface area contributed by atoms with Gasteiger partial charge in [-0.15, -0.1) is 0 Å². The molecule has 0 amide bonds. The van der Waals surface area contributed by atoms with Crippen LogP contribution in [0.15, 0.2) is 85.1 Å². The maximum atomic E-state index is 12.8. The van der Waals surface area contributed by atoms with Gasteiger partial charge in [0.2, 0.25) is 0 Å². The largest absolute Gasteiger partial charge is 0.462 e. The molecule has 0 aliphatic heterocycles. The van der Waals surface area contributed by atoms with Crippen molar-refractivity contribution in [1.29, 1.82) is 0 Å². The van der Waals surface area contributed by atoms with E-state index in [1.165, 1.54) is 109 Å². The summed E-state index contributed by atoms with van der Waals surface area (Å²) >= 11 is 0. The molecule has 1 unspecified atom stereocenters. The van der Waals surface area contributed by atoms with Crippen LogP contribution in [-0.4, -0.2) is 37.2 Å². The van der Waals surface area contributed by atoms with Crippen LogP contribution in [0.3, 0.4) is 0 Å². The quantitative estimate of drug-likeness (QED) is 0.0262. The molecule has 366 valence electrons. The Morgan fingerprint density at radius 3 is 1.05 bits per heavy atom. The van der Waals surface area contributed by atoms with Crippen LogP contribution < -0.4 is 0 Å². The molecule has 0 saturated carbocycles. The highest BCUT2D eigenvalue weighted by Crippen LogP contribution is 2.15. The number of ether oxygens (including phenoxy) is 3. The topological polar surface area (TPSA) is 78.9 Å². The molecule has 0 spiro atoms. The number of rotatable bonds is 47. The van der Waals surface area contributed by atoms with Crippen molar-refractivity contribution in [3.05, 3.63) is 85.1 Å². The van der Waals surface area contributed by atoms with Gasteiger partial charge >= 0.3 is 17.9 Å². The van der Waals surface area contributed by atoms with Crippen molar-refractivity contribution < 1.29 is 28.6 Å². The second kappa shape index (κ2) is 52.2. The Hall–Kier alpha value is -3.41. The molecule has 6 nitrogen and oxygen atoms in total. The molecule has 0 radical (unpaired) electrons. The van der Waals surface area contributed by atoms with E-state index in [1.807, 2.05) is 6.08 Å². The van der Waals surface area contributed by atoms with E-state index in [4.69, 9.17) is 14.2 Å². The first-order valence-electron chi connectivity index (χ1n) is 26.6. The van der Waals surface area contributed by atoms with Gasteiger partial charge in [-0.3, -0.25) is 14.4 Å². The van der Waals surface area contributed by atoms with Crippen molar-refractivity contribution >= 4 is 17.9 Å². The summed E-state index contributed by atoms with van der Waals surface area (Å²) in [6.45, 7) is 6.35. The van der Waals surface area contributed by atoms with Crippen molar-refractivity contribution in [2.45, 2.75) is 252 Å². The van der Waals surface area contributed by atoms with Gasteiger partial charge in [0.15, 0.2) is 6.10 Å². The predicted molar refractivity (Wildman–Crippen MR) is 274 cm³/mol. The first kappa shape index (κ1) is 60.6. The molecule has 0 aliphatic carbocycles. The lowest BCUT2D eigenvalue weighted by atomic mass is 10.0. The third-order valence-electron chi connectivity index (χ3n) is 11.2. The highest BCUT2D eigenvalue weighted by Gasteiger charge is 2.19. The summed E-state index contributed by atoms with van der Waals surface area (Å²) in [5, 5.41) is 0. The fraction of sp³-hybridized carbons (Fsp3) is 0.707. The summed E-state index contributed by atoms with van der Waals surface area (Å²) in [4.78, 5) is 38.0. The van der Waals surface area contributed by atoms with Gasteiger partial charge in [0.25, 0.3) is 0 Å². The molecule has 0 aliphatic rings. The maximum absolute atomic E-state index is 12.8. The SMILES string of the molecule is CC/C=C\C/C=C\C/C=C\C/C=C\CCC(=O)OCC(COC(=O)CCCCCCCCC/C=C\C/C=C\C/C=C\CC)OC(=O)CCCCCCCCCCCCCCCCCC. The van der Waals surface area contributed by atoms with Gasteiger partial charge < -0.3 is 14.2 Å². The summed E-state index contributed by atoms with van der Waals surface area (Å²) in [5.41, 5.74) is 0. The normalized spacial score (nSPS) is 12.7. The van der Waals surface area contributed by atoms with Crippen LogP contribution in [-0.2, 0) is 28.6 Å². The average molecular weight is 891 g/mol. The molecule has 0 aromatic carbocycles. The van der Waals surface area contributed by atoms with E-state index in [1.54, 1.807) is 0 Å². The molecule has 0 saturated heterocycles. The lowest BCUT2D eigenvalue weighted by Crippen LogP contribution is -2.30. The Morgan fingerprint density at radius 2 is 0.641 bits per heavy atom. The van der Waals surface area contributed by atoms with Gasteiger partial charge in [0, 0.05) is 19.3 Å². The zero-order valence-electron chi connectivity index (χ0n) is 41.8. The summed E-state index contributed by atoms with van der Waals surface area (Å²) in [6, 6.07) is 0. The van der Waals surface area contributed by atoms with E-state index in [2.05, 4.69) is 99.8 Å². The Balaban J connectivity index is 4.45. The van der Waals surface area contributed by atoms with Crippen LogP contribution >= 0.6 is 0 Å². The van der Waals surface area contributed by atoms with E-state index >= 15 is 0 Å². The van der Waals surface area contributed by atoms with Crippen molar-refractivity contribution in [3.63, 3.8) is 0 Å². The molecular formula is C58H98O6. The molecule has 0 fully saturated rings. The minimum Gasteiger partial charge on any atom is -0.462 e. The highest BCUT2D eigenvalue weighted by atomic mass is 16.6. The molecule has 0 aromatic heterocycles. The van der Waals surface area contributed by atoms with Gasteiger partial charge in [-0.2, -0.15) is 0 Å². The van der Waals surface area contributed by atoms with Crippen LogP contribution in [0.1, 0.15) is 245 Å². The third kappa shape index (κ3) is 49.6. The van der Waals surface area contributed by atoms with Gasteiger partial charge in [0.05, 0.1) is 0 Å². The fourth-order valence-corrected chi connectivity index (χ4v) is 7.24. The van der Waals surface area contributed by atoms with Crippen molar-refractivity contribution in [3.8, 4) is 0 Å². The Kier molecular flexibility index (Phi) is 49.4. The first-order chi connectivity index (χ1) is 31.5. The van der Waals surface area contributed by atoms with E-state index in [0.29, 0.717) is 19.3 Å². The molecule has 6 heteroatoms. The molecule has 0 aromatic rings. The summed E-state index contributed by atoms with van der Waals surface area (Å²) in [7, 11) is 0. The van der Waals surface area contributed by atoms with Crippen molar-refractivity contribution in [2.75, 3.05) is 13.2 Å². The molecule has 64 heavy (non-hydrogen) atoms. The molecule has 0 rings (SSSR count). The highest BCUT2D eigenvalue weighted by molar-refractivity contribution is 5.71. The number of allylic oxidation sites excluding steroid dienone is 14. The van der Waals surface area contributed by atoms with Crippen LogP contribution in [0.5, 0.6) is 0 Å². The fourth-order valence-electron chi connectivity index (χ4n) is 7.24. The number of hydrogen-bond donors (Lipinski definition) is 0. The van der Waals surface area contributed by atoms with Crippen LogP contribution in [0.2, 0.25) is 0 Å². The first-order valence-corrected chi connectivity index (χ1v) is 26.6. The number of hydrogen-bond acceptors (Lipinski definition) is 6. The summed E-state index contributed by atoms with van der Waals surface area (Å²) < 4.78 is 16.7. The minimum absolute atomic E-state index is 0.102. The molecule has 0 N–H and O–H groups in total. The van der Waals surface area contributed by atoms with Crippen LogP contribution in [0, 0.1) is 0 Å². The Bertz CT molecular complexity index is 1250. The van der Waals surface area contributed by atoms with Gasteiger partial charge in [-0.25, -0.2) is 0 Å². The third-order valence-corrected chi connectivity index (χ3v) is 11.2. The zero-order chi connectivity index (χ0) is 46.5. The standard InChI is InChI=1S/C58H98O6/c1-4-7-10-13-16-19-22-25-27-29-31-33-36-39-42-45-48-51-57(60)63-54-55(53-62-56(59)50-47-44-41-38-35-32-24-21-18-15-12-9-6-3)64-58(61)52-49-46-43-40-37-34-30-28-26-23-20-17-14-11-8-5-2/h7,9-10,12,16,18-19,21,25,27,32,35,41,44,55H,4-6,8,11,13-15,17,20,22-24,26,28-31,33-34,36-40,42-43,45-54H2,1-3H3/b10-7-,12-9-,19-16-,21-18-,27-25-,35-32-,44-41-. The Morgan fingerprint density at radius 1 is 0.328 bits per heavy atom. The summed E-state index contributed by atoms with van der Waals surface area (Å²) in [5.74, 6) is -0.992. The predicted octanol–water partition coefficient (Wildman–Crippen LogP) is 17.6. The van der Waals surface area contributed by atoms with E-state index < -0.39 is 6.10 Å². The van der Waals surface area contributed by atoms with E-state index in [-0.39, 0.29) is 37.5 Å². The molecule has 1 atom stereocenters. The molecular weight excluding hydrogens is 793 g/mol. The molecule has 0 bridgehead atoms. The van der Waals surface area contributed by atoms with Gasteiger partial charge in [-0.1, -0.05) is 234 Å². The number of carbonyl (C=O) groups is 3. The monoisotopic (exact) mass is 891 g/mol. The second-order valence-electron chi connectivity index (χ2n) is 17.4. The van der Waals surface area contributed by atoms with E-state index in [9.17, 15) is 14.4 Å². The van der Waals surface area contributed by atoms with E-state index in [0.717, 1.165) is 89.9 Å². The average Bonchev–Trinajstić information content (AvgIpc) is 3.29. The zero-order valence-corrected chi connectivity index (χ0v) is 41.8. The maximum Gasteiger partial charge on any atom is 0.306 e.